The molecule has 1 aliphatic heterocycles. The largest absolute Gasteiger partial charge is 0.398 e. The number of hydrogen-bond donors (Lipinski definition) is 1. The molecule has 2 N–H and O–H groups in total. The fraction of sp³-hybridized carbons (Fsp3) is 0.538. The van der Waals surface area contributed by atoms with Gasteiger partial charge in [-0.3, -0.25) is 0 Å². The van der Waals surface area contributed by atoms with E-state index >= 15 is 0 Å². The molecule has 1 aliphatic rings. The molecule has 1 fully saturated rings. The molecule has 1 aromatic carbocycles. The molecule has 1 saturated heterocycles. The summed E-state index contributed by atoms with van der Waals surface area (Å²) in [6.07, 6.45) is 1.67. The minimum absolute atomic E-state index is 0.0346. The lowest BCUT2D eigenvalue weighted by molar-refractivity contribution is 0.316. The summed E-state index contributed by atoms with van der Waals surface area (Å²) in [6, 6.07) is 3.43. The van der Waals surface area contributed by atoms with E-state index in [0.717, 1.165) is 25.0 Å². The van der Waals surface area contributed by atoms with Crippen LogP contribution in [0.5, 0.6) is 0 Å². The first-order chi connectivity index (χ1) is 8.84. The molecule has 6 heteroatoms. The topological polar surface area (TPSA) is 63.4 Å². The number of anilines is 1. The number of benzene rings is 1. The van der Waals surface area contributed by atoms with Crippen molar-refractivity contribution in [2.24, 2.45) is 5.92 Å². The number of sulfonamides is 1. The minimum atomic E-state index is -3.72. The molecule has 1 atom stereocenters. The fourth-order valence-corrected chi connectivity index (χ4v) is 4.54. The van der Waals surface area contributed by atoms with Crippen LogP contribution < -0.4 is 5.73 Å². The van der Waals surface area contributed by atoms with E-state index in [4.69, 9.17) is 5.73 Å². The van der Waals surface area contributed by atoms with Gasteiger partial charge in [0.1, 0.15) is 10.7 Å². The van der Waals surface area contributed by atoms with E-state index in [-0.39, 0.29) is 22.5 Å². The summed E-state index contributed by atoms with van der Waals surface area (Å²) in [5, 5.41) is 0. The first-order valence-corrected chi connectivity index (χ1v) is 7.85. The van der Waals surface area contributed by atoms with Gasteiger partial charge in [0.2, 0.25) is 10.0 Å². The van der Waals surface area contributed by atoms with E-state index < -0.39 is 15.8 Å². The van der Waals surface area contributed by atoms with Crippen LogP contribution in [0.2, 0.25) is 0 Å². The molecule has 4 nitrogen and oxygen atoms in total. The van der Waals surface area contributed by atoms with Crippen molar-refractivity contribution in [3.8, 4) is 0 Å². The summed E-state index contributed by atoms with van der Waals surface area (Å²) in [5.41, 5.74) is 5.79. The zero-order valence-electron chi connectivity index (χ0n) is 11.1. The van der Waals surface area contributed by atoms with Crippen LogP contribution in [0.1, 0.15) is 26.7 Å². The third-order valence-electron chi connectivity index (χ3n) is 3.58. The van der Waals surface area contributed by atoms with Gasteiger partial charge in [0.15, 0.2) is 0 Å². The van der Waals surface area contributed by atoms with Gasteiger partial charge in [-0.2, -0.15) is 4.31 Å². The normalized spacial score (nSPS) is 21.2. The third-order valence-corrected chi connectivity index (χ3v) is 5.56. The molecule has 0 radical (unpaired) electrons. The van der Waals surface area contributed by atoms with Crippen molar-refractivity contribution in [2.75, 3.05) is 12.3 Å². The smallest absolute Gasteiger partial charge is 0.245 e. The Morgan fingerprint density at radius 1 is 1.42 bits per heavy atom. The summed E-state index contributed by atoms with van der Waals surface area (Å²) in [4.78, 5) is -0.125. The number of nitrogens with zero attached hydrogens (tertiary/aromatic N) is 1. The highest BCUT2D eigenvalue weighted by atomic mass is 32.2. The highest BCUT2D eigenvalue weighted by molar-refractivity contribution is 7.89. The summed E-state index contributed by atoms with van der Waals surface area (Å²) in [7, 11) is -3.72. The Morgan fingerprint density at radius 3 is 2.74 bits per heavy atom. The SMILES string of the molecule is CC(C)C1CCCN1S(=O)(=O)c1cc(F)ccc1N. The lowest BCUT2D eigenvalue weighted by Crippen LogP contribution is -2.38. The Labute approximate surface area is 113 Å². The zero-order valence-corrected chi connectivity index (χ0v) is 12.0. The van der Waals surface area contributed by atoms with Crippen LogP contribution in [0.3, 0.4) is 0 Å². The highest BCUT2D eigenvalue weighted by Crippen LogP contribution is 2.32. The summed E-state index contributed by atoms with van der Waals surface area (Å²) < 4.78 is 39.9. The van der Waals surface area contributed by atoms with E-state index in [1.165, 1.54) is 10.4 Å². The number of hydrogen-bond acceptors (Lipinski definition) is 3. The van der Waals surface area contributed by atoms with Crippen molar-refractivity contribution in [3.05, 3.63) is 24.0 Å². The Balaban J connectivity index is 2.45. The van der Waals surface area contributed by atoms with Crippen LogP contribution in [0, 0.1) is 11.7 Å². The monoisotopic (exact) mass is 286 g/mol. The lowest BCUT2D eigenvalue weighted by atomic mass is 10.0. The van der Waals surface area contributed by atoms with E-state index in [9.17, 15) is 12.8 Å². The summed E-state index contributed by atoms with van der Waals surface area (Å²) in [5.74, 6) is -0.361. The molecule has 0 saturated carbocycles. The molecular formula is C13H19FN2O2S. The van der Waals surface area contributed by atoms with Crippen LogP contribution in [0.4, 0.5) is 10.1 Å². The molecule has 0 amide bonds. The molecule has 0 aromatic heterocycles. The quantitative estimate of drug-likeness (QED) is 0.867. The maximum atomic E-state index is 13.3. The Hall–Kier alpha value is -1.14. The van der Waals surface area contributed by atoms with E-state index in [0.29, 0.717) is 6.54 Å². The third kappa shape index (κ3) is 2.60. The van der Waals surface area contributed by atoms with Crippen molar-refractivity contribution in [1.29, 1.82) is 0 Å². The standard InChI is InChI=1S/C13H19FN2O2S/c1-9(2)12-4-3-7-16(12)19(17,18)13-8-10(14)5-6-11(13)15/h5-6,8-9,12H,3-4,7,15H2,1-2H3. The average molecular weight is 286 g/mol. The van der Waals surface area contributed by atoms with Gasteiger partial charge < -0.3 is 5.73 Å². The predicted molar refractivity (Wildman–Crippen MR) is 72.6 cm³/mol. The highest BCUT2D eigenvalue weighted by Gasteiger charge is 2.37. The zero-order chi connectivity index (χ0) is 14.2. The Morgan fingerprint density at radius 2 is 2.11 bits per heavy atom. The molecule has 1 heterocycles. The molecule has 106 valence electrons. The van der Waals surface area contributed by atoms with Gasteiger partial charge >= 0.3 is 0 Å². The van der Waals surface area contributed by atoms with Gasteiger partial charge in [0.05, 0.1) is 5.69 Å². The van der Waals surface area contributed by atoms with Crippen LogP contribution in [0.25, 0.3) is 0 Å². The number of halogens is 1. The fourth-order valence-electron chi connectivity index (χ4n) is 2.59. The molecule has 19 heavy (non-hydrogen) atoms. The molecule has 2 rings (SSSR count). The van der Waals surface area contributed by atoms with Gasteiger partial charge in [0, 0.05) is 12.6 Å². The number of nitrogen functional groups attached to an aromatic ring is 1. The van der Waals surface area contributed by atoms with Crippen LogP contribution in [-0.4, -0.2) is 25.3 Å². The van der Waals surface area contributed by atoms with Gasteiger partial charge in [-0.1, -0.05) is 13.8 Å². The van der Waals surface area contributed by atoms with Gasteiger partial charge in [-0.25, -0.2) is 12.8 Å². The van der Waals surface area contributed by atoms with Crippen molar-refractivity contribution in [3.63, 3.8) is 0 Å². The maximum absolute atomic E-state index is 13.3. The van der Waals surface area contributed by atoms with Crippen molar-refractivity contribution in [1.82, 2.24) is 4.31 Å². The Bertz CT molecular complexity index is 572. The first kappa shape index (κ1) is 14.3. The van der Waals surface area contributed by atoms with Crippen molar-refractivity contribution in [2.45, 2.75) is 37.6 Å². The first-order valence-electron chi connectivity index (χ1n) is 6.41. The van der Waals surface area contributed by atoms with Gasteiger partial charge in [0.25, 0.3) is 0 Å². The second-order valence-corrected chi connectivity index (χ2v) is 7.11. The second kappa shape index (κ2) is 5.09. The van der Waals surface area contributed by atoms with Crippen LogP contribution >= 0.6 is 0 Å². The van der Waals surface area contributed by atoms with E-state index in [1.807, 2.05) is 13.8 Å². The lowest BCUT2D eigenvalue weighted by Gasteiger charge is -2.27. The second-order valence-electron chi connectivity index (χ2n) is 5.25. The molecule has 1 unspecified atom stereocenters. The van der Waals surface area contributed by atoms with Gasteiger partial charge in [-0.05, 0) is 37.0 Å². The Kier molecular flexibility index (Phi) is 3.82. The number of nitrogens with two attached hydrogens (primary N) is 1. The molecule has 0 aliphatic carbocycles. The predicted octanol–water partition coefficient (Wildman–Crippen LogP) is 2.22. The molecular weight excluding hydrogens is 267 g/mol. The molecule has 0 bridgehead atoms. The van der Waals surface area contributed by atoms with E-state index in [1.54, 1.807) is 0 Å². The van der Waals surface area contributed by atoms with Crippen molar-refractivity contribution < 1.29 is 12.8 Å². The summed E-state index contributed by atoms with van der Waals surface area (Å²) >= 11 is 0. The van der Waals surface area contributed by atoms with Gasteiger partial charge in [-0.15, -0.1) is 0 Å². The minimum Gasteiger partial charge on any atom is -0.398 e. The number of rotatable bonds is 3. The van der Waals surface area contributed by atoms with Crippen molar-refractivity contribution >= 4 is 15.7 Å². The molecule has 1 aromatic rings. The summed E-state index contributed by atoms with van der Waals surface area (Å²) in [6.45, 7) is 4.46. The van der Waals surface area contributed by atoms with Crippen LogP contribution in [-0.2, 0) is 10.0 Å². The molecule has 0 spiro atoms. The maximum Gasteiger partial charge on any atom is 0.245 e. The van der Waals surface area contributed by atoms with Crippen LogP contribution in [0.15, 0.2) is 23.1 Å². The van der Waals surface area contributed by atoms with E-state index in [2.05, 4.69) is 0 Å². The average Bonchev–Trinajstić information content (AvgIpc) is 2.82.